The Morgan fingerprint density at radius 2 is 2.15 bits per heavy atom. The summed E-state index contributed by atoms with van der Waals surface area (Å²) in [7, 11) is 0. The predicted molar refractivity (Wildman–Crippen MR) is 61.6 cm³/mol. The summed E-state index contributed by atoms with van der Waals surface area (Å²) < 4.78 is 5.04. The van der Waals surface area contributed by atoms with Crippen LogP contribution in [-0.2, 0) is 9.53 Å². The Hall–Kier alpha value is 0.300. The number of hydrogen-bond donors (Lipinski definition) is 0. The lowest BCUT2D eigenvalue weighted by molar-refractivity contribution is -0.140. The number of thioether (sulfide) groups is 1. The minimum absolute atomic E-state index is 0.114. The molecule has 0 saturated heterocycles. The second-order valence-electron chi connectivity index (χ2n) is 3.05. The summed E-state index contributed by atoms with van der Waals surface area (Å²) in [5.74, 6) is 0.345. The third-order valence-corrected chi connectivity index (χ3v) is 3.38. The van der Waals surface area contributed by atoms with Crippen LogP contribution in [-0.4, -0.2) is 28.4 Å². The molecule has 4 heteroatoms. The van der Waals surface area contributed by atoms with Crippen LogP contribution < -0.4 is 0 Å². The highest BCUT2D eigenvalue weighted by atomic mass is 79.9. The Labute approximate surface area is 92.9 Å². The molecule has 0 spiro atoms. The van der Waals surface area contributed by atoms with E-state index >= 15 is 0 Å². The summed E-state index contributed by atoms with van der Waals surface area (Å²) in [5.41, 5.74) is 0. The van der Waals surface area contributed by atoms with Crippen molar-refractivity contribution in [2.75, 3.05) is 12.4 Å². The van der Waals surface area contributed by atoms with Gasteiger partial charge in [0.2, 0.25) is 0 Å². The summed E-state index contributed by atoms with van der Waals surface area (Å²) in [4.78, 5) is 11.4. The zero-order chi connectivity index (χ0) is 10.3. The van der Waals surface area contributed by atoms with Gasteiger partial charge in [-0.05, 0) is 11.7 Å². The normalized spacial score (nSPS) is 13.0. The minimum Gasteiger partial charge on any atom is -0.464 e. The molecule has 0 bridgehead atoms. The van der Waals surface area contributed by atoms with E-state index < -0.39 is 0 Å². The van der Waals surface area contributed by atoms with Crippen molar-refractivity contribution < 1.29 is 9.53 Å². The molecule has 0 aliphatic carbocycles. The molecule has 0 aliphatic rings. The predicted octanol–water partition coefficient (Wildman–Crippen LogP) is 2.84. The van der Waals surface area contributed by atoms with Gasteiger partial charge in [-0.15, -0.1) is 11.8 Å². The molecule has 78 valence electrons. The smallest absolute Gasteiger partial charge is 0.315 e. The van der Waals surface area contributed by atoms with Crippen LogP contribution in [0.4, 0.5) is 0 Å². The van der Waals surface area contributed by atoms with E-state index in [1.165, 1.54) is 0 Å². The van der Waals surface area contributed by atoms with Gasteiger partial charge in [-0.1, -0.05) is 36.7 Å². The van der Waals surface area contributed by atoms with E-state index in [9.17, 15) is 4.79 Å². The number of ether oxygens (including phenoxy) is 1. The number of carbonyl (C=O) groups excluding carboxylic acids is 1. The molecular formula is C9H17BrO2S. The van der Waals surface area contributed by atoms with Crippen LogP contribution in [0.25, 0.3) is 0 Å². The lowest BCUT2D eigenvalue weighted by Crippen LogP contribution is -2.15. The largest absolute Gasteiger partial charge is 0.464 e. The van der Waals surface area contributed by atoms with Gasteiger partial charge in [-0.3, -0.25) is 4.79 Å². The van der Waals surface area contributed by atoms with Crippen molar-refractivity contribution in [2.45, 2.75) is 37.3 Å². The first-order valence-corrected chi connectivity index (χ1v) is 6.44. The molecule has 0 fully saturated rings. The lowest BCUT2D eigenvalue weighted by Gasteiger charge is -2.08. The van der Waals surface area contributed by atoms with Gasteiger partial charge in [0.25, 0.3) is 0 Å². The number of carbonyl (C=O) groups is 1. The summed E-state index contributed by atoms with van der Waals surface area (Å²) >= 11 is 5.01. The second-order valence-corrected chi connectivity index (χ2v) is 5.91. The van der Waals surface area contributed by atoms with Crippen LogP contribution in [0.1, 0.15) is 27.2 Å². The fourth-order valence-corrected chi connectivity index (χ4v) is 1.26. The van der Waals surface area contributed by atoms with Crippen LogP contribution in [0.15, 0.2) is 0 Å². The van der Waals surface area contributed by atoms with Gasteiger partial charge < -0.3 is 4.74 Å². The van der Waals surface area contributed by atoms with E-state index in [1.807, 2.05) is 0 Å². The maximum Gasteiger partial charge on any atom is 0.315 e. The second kappa shape index (κ2) is 7.68. The summed E-state index contributed by atoms with van der Waals surface area (Å²) in [6.07, 6.45) is 0.977. The third-order valence-electron chi connectivity index (χ3n) is 1.40. The molecule has 2 nitrogen and oxygen atoms in total. The minimum atomic E-state index is -0.114. The first-order valence-electron chi connectivity index (χ1n) is 4.47. The quantitative estimate of drug-likeness (QED) is 0.548. The Bertz CT molecular complexity index is 151. The van der Waals surface area contributed by atoms with Crippen molar-refractivity contribution in [3.05, 3.63) is 0 Å². The Morgan fingerprint density at radius 1 is 1.54 bits per heavy atom. The molecule has 0 aliphatic heterocycles. The van der Waals surface area contributed by atoms with Crippen molar-refractivity contribution in [2.24, 2.45) is 0 Å². The van der Waals surface area contributed by atoms with Crippen molar-refractivity contribution in [3.8, 4) is 0 Å². The molecule has 0 aromatic heterocycles. The van der Waals surface area contributed by atoms with Crippen LogP contribution in [0.2, 0.25) is 0 Å². The van der Waals surface area contributed by atoms with E-state index in [0.717, 1.165) is 6.42 Å². The van der Waals surface area contributed by atoms with Gasteiger partial charge >= 0.3 is 5.97 Å². The number of esters is 1. The molecule has 0 N–H and O–H groups in total. The Morgan fingerprint density at radius 3 is 2.62 bits per heavy atom. The molecule has 0 heterocycles. The van der Waals surface area contributed by atoms with Crippen molar-refractivity contribution in [1.82, 2.24) is 0 Å². The van der Waals surface area contributed by atoms with Gasteiger partial charge in [0.1, 0.15) is 6.61 Å². The fourth-order valence-electron chi connectivity index (χ4n) is 0.578. The van der Waals surface area contributed by atoms with Gasteiger partial charge in [0.05, 0.1) is 5.75 Å². The molecule has 0 rings (SSSR count). The van der Waals surface area contributed by atoms with Gasteiger partial charge in [-0.25, -0.2) is 0 Å². The zero-order valence-corrected chi connectivity index (χ0v) is 10.8. The summed E-state index contributed by atoms with van der Waals surface area (Å²) in [6.45, 7) is 6.67. The fraction of sp³-hybridized carbons (Fsp3) is 0.889. The summed E-state index contributed by atoms with van der Waals surface area (Å²) in [6, 6.07) is 0. The number of rotatable bonds is 6. The first-order chi connectivity index (χ1) is 6.06. The SMILES string of the molecule is CCC(Br)COC(=O)CSC(C)C. The maximum absolute atomic E-state index is 11.1. The summed E-state index contributed by atoms with van der Waals surface area (Å²) in [5, 5.41) is 0.485. The molecule has 0 aromatic carbocycles. The molecule has 0 amide bonds. The number of halogens is 1. The van der Waals surface area contributed by atoms with E-state index in [0.29, 0.717) is 22.4 Å². The monoisotopic (exact) mass is 268 g/mol. The zero-order valence-electron chi connectivity index (χ0n) is 8.38. The maximum atomic E-state index is 11.1. The van der Waals surface area contributed by atoms with Crippen molar-refractivity contribution in [3.63, 3.8) is 0 Å². The average Bonchev–Trinajstić information content (AvgIpc) is 2.10. The van der Waals surface area contributed by atoms with Gasteiger partial charge in [-0.2, -0.15) is 0 Å². The molecule has 1 unspecified atom stereocenters. The van der Waals surface area contributed by atoms with E-state index in [2.05, 4.69) is 36.7 Å². The standard InChI is InChI=1S/C9H17BrO2S/c1-4-8(10)5-12-9(11)6-13-7(2)3/h7-8H,4-6H2,1-3H3. The molecular weight excluding hydrogens is 252 g/mol. The topological polar surface area (TPSA) is 26.3 Å². The Kier molecular flexibility index (Phi) is 7.86. The molecule has 0 saturated carbocycles. The molecule has 0 aromatic rings. The lowest BCUT2D eigenvalue weighted by atomic mass is 10.4. The van der Waals surface area contributed by atoms with Crippen LogP contribution >= 0.6 is 27.7 Å². The molecule has 13 heavy (non-hydrogen) atoms. The van der Waals surface area contributed by atoms with Crippen molar-refractivity contribution in [1.29, 1.82) is 0 Å². The molecule has 0 radical (unpaired) electrons. The number of hydrogen-bond acceptors (Lipinski definition) is 3. The van der Waals surface area contributed by atoms with Crippen LogP contribution in [0, 0.1) is 0 Å². The average molecular weight is 269 g/mol. The highest BCUT2D eigenvalue weighted by molar-refractivity contribution is 9.09. The first kappa shape index (κ1) is 13.3. The Balaban J connectivity index is 3.40. The molecule has 1 atom stereocenters. The highest BCUT2D eigenvalue weighted by Crippen LogP contribution is 2.10. The van der Waals surface area contributed by atoms with Gasteiger partial charge in [0, 0.05) is 4.83 Å². The van der Waals surface area contributed by atoms with Crippen LogP contribution in [0.5, 0.6) is 0 Å². The highest BCUT2D eigenvalue weighted by Gasteiger charge is 2.07. The van der Waals surface area contributed by atoms with E-state index in [1.54, 1.807) is 11.8 Å². The van der Waals surface area contributed by atoms with E-state index in [-0.39, 0.29) is 5.97 Å². The van der Waals surface area contributed by atoms with Gasteiger partial charge in [0.15, 0.2) is 0 Å². The van der Waals surface area contributed by atoms with Crippen molar-refractivity contribution >= 4 is 33.7 Å². The van der Waals surface area contributed by atoms with E-state index in [4.69, 9.17) is 4.74 Å². The third kappa shape index (κ3) is 8.63. The van der Waals surface area contributed by atoms with Crippen LogP contribution in [0.3, 0.4) is 0 Å². The number of alkyl halides is 1.